The first-order chi connectivity index (χ1) is 6.84. The van der Waals surface area contributed by atoms with Crippen molar-refractivity contribution in [1.29, 1.82) is 0 Å². The van der Waals surface area contributed by atoms with Gasteiger partial charge < -0.3 is 9.64 Å². The molecule has 74 valence electrons. The van der Waals surface area contributed by atoms with Crippen molar-refractivity contribution in [1.82, 2.24) is 0 Å². The minimum atomic E-state index is 0.616. The molecule has 2 heterocycles. The van der Waals surface area contributed by atoms with Gasteiger partial charge in [0, 0.05) is 16.7 Å². The number of hydrogen-bond donors (Lipinski definition) is 0. The normalized spacial score (nSPS) is 20.8. The van der Waals surface area contributed by atoms with E-state index in [9.17, 15) is 0 Å². The molecule has 3 heteroatoms. The lowest BCUT2D eigenvalue weighted by Gasteiger charge is -2.36. The fourth-order valence-electron chi connectivity index (χ4n) is 2.16. The Morgan fingerprint density at radius 1 is 1.36 bits per heavy atom. The second-order valence-corrected chi connectivity index (χ2v) is 4.82. The molecular weight excluding hydrogens is 242 g/mol. The zero-order valence-corrected chi connectivity index (χ0v) is 9.46. The molecule has 0 aliphatic carbocycles. The maximum Gasteiger partial charge on any atom is 0.0757 e. The lowest BCUT2D eigenvalue weighted by Crippen LogP contribution is -2.48. The number of ether oxygens (including phenoxy) is 1. The predicted molar refractivity (Wildman–Crippen MR) is 59.8 cm³/mol. The summed E-state index contributed by atoms with van der Waals surface area (Å²) in [5.41, 5.74) is 2.87. The van der Waals surface area contributed by atoms with Crippen molar-refractivity contribution in [3.63, 3.8) is 0 Å². The highest BCUT2D eigenvalue weighted by Crippen LogP contribution is 2.33. The van der Waals surface area contributed by atoms with Gasteiger partial charge in [0.1, 0.15) is 0 Å². The van der Waals surface area contributed by atoms with E-state index in [1.807, 2.05) is 0 Å². The Hall–Kier alpha value is -0.540. The Balaban J connectivity index is 1.95. The van der Waals surface area contributed by atoms with Crippen LogP contribution in [-0.2, 0) is 11.2 Å². The van der Waals surface area contributed by atoms with Gasteiger partial charge in [0.25, 0.3) is 0 Å². The Morgan fingerprint density at radius 2 is 2.21 bits per heavy atom. The van der Waals surface area contributed by atoms with Crippen LogP contribution in [-0.4, -0.2) is 25.8 Å². The third-order valence-corrected chi connectivity index (χ3v) is 3.53. The van der Waals surface area contributed by atoms with E-state index in [1.165, 1.54) is 22.1 Å². The van der Waals surface area contributed by atoms with Crippen LogP contribution in [0.1, 0.15) is 5.56 Å². The molecule has 0 radical (unpaired) electrons. The molecule has 0 aromatic heterocycles. The summed E-state index contributed by atoms with van der Waals surface area (Å²) in [6.45, 7) is 2.94. The highest BCUT2D eigenvalue weighted by molar-refractivity contribution is 9.10. The Morgan fingerprint density at radius 3 is 2.93 bits per heavy atom. The summed E-state index contributed by atoms with van der Waals surface area (Å²) in [6, 6.07) is 7.18. The first kappa shape index (κ1) is 8.74. The second kappa shape index (κ2) is 3.24. The Bertz CT molecular complexity index is 362. The molecule has 1 saturated heterocycles. The average Bonchev–Trinajstić information content (AvgIpc) is 2.46. The molecule has 0 atom stereocenters. The van der Waals surface area contributed by atoms with Gasteiger partial charge in [-0.3, -0.25) is 0 Å². The standard InChI is InChI=1S/C11H12BrNO/c12-9-2-1-8-3-4-13(11(8)5-9)10-6-14-7-10/h1-2,5,10H,3-4,6-7H2. The minimum Gasteiger partial charge on any atom is -0.377 e. The van der Waals surface area contributed by atoms with Crippen molar-refractivity contribution >= 4 is 21.6 Å². The van der Waals surface area contributed by atoms with Crippen molar-refractivity contribution < 1.29 is 4.74 Å². The van der Waals surface area contributed by atoms with Crippen molar-refractivity contribution in [2.24, 2.45) is 0 Å². The van der Waals surface area contributed by atoms with Gasteiger partial charge in [-0.2, -0.15) is 0 Å². The molecule has 2 aliphatic rings. The van der Waals surface area contributed by atoms with Crippen molar-refractivity contribution in [3.8, 4) is 0 Å². The highest BCUT2D eigenvalue weighted by atomic mass is 79.9. The van der Waals surface area contributed by atoms with Gasteiger partial charge in [-0.25, -0.2) is 0 Å². The number of hydrogen-bond acceptors (Lipinski definition) is 2. The summed E-state index contributed by atoms with van der Waals surface area (Å²) in [5, 5.41) is 0. The van der Waals surface area contributed by atoms with Crippen LogP contribution in [0.5, 0.6) is 0 Å². The van der Waals surface area contributed by atoms with Crippen LogP contribution in [0.4, 0.5) is 5.69 Å². The van der Waals surface area contributed by atoms with Crippen LogP contribution in [0, 0.1) is 0 Å². The summed E-state index contributed by atoms with van der Waals surface area (Å²) in [6.07, 6.45) is 1.18. The molecule has 0 amide bonds. The van der Waals surface area contributed by atoms with E-state index in [4.69, 9.17) is 4.74 Å². The van der Waals surface area contributed by atoms with Crippen LogP contribution in [0.15, 0.2) is 22.7 Å². The third kappa shape index (κ3) is 1.27. The second-order valence-electron chi connectivity index (χ2n) is 3.91. The van der Waals surface area contributed by atoms with Gasteiger partial charge in [0.05, 0.1) is 19.3 Å². The molecule has 3 rings (SSSR count). The molecular formula is C11H12BrNO. The monoisotopic (exact) mass is 253 g/mol. The van der Waals surface area contributed by atoms with E-state index in [0.717, 1.165) is 19.8 Å². The number of nitrogens with zero attached hydrogens (tertiary/aromatic N) is 1. The molecule has 2 aliphatic heterocycles. The van der Waals surface area contributed by atoms with Gasteiger partial charge >= 0.3 is 0 Å². The molecule has 14 heavy (non-hydrogen) atoms. The van der Waals surface area contributed by atoms with Crippen molar-refractivity contribution in [3.05, 3.63) is 28.2 Å². The largest absolute Gasteiger partial charge is 0.377 e. The number of fused-ring (bicyclic) bond motifs is 1. The molecule has 1 aromatic carbocycles. The quantitative estimate of drug-likeness (QED) is 0.761. The Kier molecular flexibility index (Phi) is 2.03. The van der Waals surface area contributed by atoms with E-state index in [0.29, 0.717) is 6.04 Å². The average molecular weight is 254 g/mol. The predicted octanol–water partition coefficient (Wildman–Crippen LogP) is 2.21. The molecule has 0 bridgehead atoms. The van der Waals surface area contributed by atoms with Crippen LogP contribution < -0.4 is 4.90 Å². The van der Waals surface area contributed by atoms with Crippen molar-refractivity contribution in [2.75, 3.05) is 24.7 Å². The maximum atomic E-state index is 5.24. The van der Waals surface area contributed by atoms with E-state index in [2.05, 4.69) is 39.0 Å². The van der Waals surface area contributed by atoms with Crippen molar-refractivity contribution in [2.45, 2.75) is 12.5 Å². The topological polar surface area (TPSA) is 12.5 Å². The highest BCUT2D eigenvalue weighted by Gasteiger charge is 2.30. The lowest BCUT2D eigenvalue weighted by atomic mass is 10.1. The molecule has 1 aromatic rings. The van der Waals surface area contributed by atoms with E-state index < -0.39 is 0 Å². The summed E-state index contributed by atoms with van der Waals surface area (Å²) < 4.78 is 6.41. The van der Waals surface area contributed by atoms with Crippen LogP contribution in [0.25, 0.3) is 0 Å². The molecule has 0 N–H and O–H groups in total. The lowest BCUT2D eigenvalue weighted by molar-refractivity contribution is 0.00887. The van der Waals surface area contributed by atoms with Gasteiger partial charge in [0.15, 0.2) is 0 Å². The molecule has 0 saturated carbocycles. The fourth-order valence-corrected chi connectivity index (χ4v) is 2.51. The first-order valence-electron chi connectivity index (χ1n) is 4.97. The molecule has 1 fully saturated rings. The van der Waals surface area contributed by atoms with E-state index >= 15 is 0 Å². The SMILES string of the molecule is Brc1ccc2c(c1)N(C1COC1)CC2. The smallest absolute Gasteiger partial charge is 0.0757 e. The van der Waals surface area contributed by atoms with E-state index in [-0.39, 0.29) is 0 Å². The maximum absolute atomic E-state index is 5.24. The van der Waals surface area contributed by atoms with Crippen LogP contribution in [0.2, 0.25) is 0 Å². The van der Waals surface area contributed by atoms with Gasteiger partial charge in [-0.05, 0) is 24.1 Å². The molecule has 0 spiro atoms. The van der Waals surface area contributed by atoms with Gasteiger partial charge in [-0.1, -0.05) is 22.0 Å². The fraction of sp³-hybridized carbons (Fsp3) is 0.455. The Labute approximate surface area is 92.0 Å². The van der Waals surface area contributed by atoms with Crippen LogP contribution in [0.3, 0.4) is 0 Å². The summed E-state index contributed by atoms with van der Waals surface area (Å²) in [5.74, 6) is 0. The zero-order chi connectivity index (χ0) is 9.54. The van der Waals surface area contributed by atoms with Crippen LogP contribution >= 0.6 is 15.9 Å². The van der Waals surface area contributed by atoms with Gasteiger partial charge in [-0.15, -0.1) is 0 Å². The summed E-state index contributed by atoms with van der Waals surface area (Å²) >= 11 is 3.52. The minimum absolute atomic E-state index is 0.616. The summed E-state index contributed by atoms with van der Waals surface area (Å²) in [7, 11) is 0. The number of halogens is 1. The zero-order valence-electron chi connectivity index (χ0n) is 7.87. The molecule has 2 nitrogen and oxygen atoms in total. The van der Waals surface area contributed by atoms with Gasteiger partial charge in [0.2, 0.25) is 0 Å². The summed E-state index contributed by atoms with van der Waals surface area (Å²) in [4.78, 5) is 2.48. The third-order valence-electron chi connectivity index (χ3n) is 3.04. The number of rotatable bonds is 1. The number of benzene rings is 1. The number of anilines is 1. The first-order valence-corrected chi connectivity index (χ1v) is 5.77. The van der Waals surface area contributed by atoms with E-state index in [1.54, 1.807) is 0 Å². The molecule has 0 unspecified atom stereocenters.